The third kappa shape index (κ3) is 2.97. The molecule has 2 aliphatic heterocycles. The van der Waals surface area contributed by atoms with E-state index in [1.165, 1.54) is 24.8 Å². The average Bonchev–Trinajstić information content (AvgIpc) is 3.04. The van der Waals surface area contributed by atoms with Crippen molar-refractivity contribution in [1.29, 1.82) is 0 Å². The molecule has 1 aromatic heterocycles. The fourth-order valence-corrected chi connectivity index (χ4v) is 5.24. The third-order valence-electron chi connectivity index (χ3n) is 6.65. The second-order valence-corrected chi connectivity index (χ2v) is 8.38. The Labute approximate surface area is 160 Å². The van der Waals surface area contributed by atoms with E-state index in [1.807, 2.05) is 17.9 Å². The molecule has 1 N–H and O–H groups in total. The van der Waals surface area contributed by atoms with E-state index in [2.05, 4.69) is 58.5 Å². The minimum absolute atomic E-state index is 0.449. The summed E-state index contributed by atoms with van der Waals surface area (Å²) in [4.78, 5) is 2.65. The molecule has 2 atom stereocenters. The van der Waals surface area contributed by atoms with E-state index in [0.29, 0.717) is 12.1 Å². The van der Waals surface area contributed by atoms with Gasteiger partial charge in [0.1, 0.15) is 0 Å². The van der Waals surface area contributed by atoms with Gasteiger partial charge >= 0.3 is 0 Å². The van der Waals surface area contributed by atoms with Crippen LogP contribution in [0.4, 0.5) is 0 Å². The maximum absolute atomic E-state index is 11.7. The van der Waals surface area contributed by atoms with Crippen molar-refractivity contribution in [1.82, 2.24) is 14.7 Å². The fourth-order valence-electron chi connectivity index (χ4n) is 5.24. The summed E-state index contributed by atoms with van der Waals surface area (Å²) in [6.07, 6.45) is 7.16. The molecular weight excluding hydrogens is 334 g/mol. The maximum Gasteiger partial charge on any atom is 0.0927 e. The molecule has 2 bridgehead atoms. The van der Waals surface area contributed by atoms with E-state index >= 15 is 0 Å². The highest BCUT2D eigenvalue weighted by Gasteiger charge is 2.46. The van der Waals surface area contributed by atoms with Crippen molar-refractivity contribution in [2.45, 2.75) is 56.3 Å². The van der Waals surface area contributed by atoms with Crippen LogP contribution in [0.3, 0.4) is 0 Å². The Hall–Kier alpha value is -2.17. The predicted molar refractivity (Wildman–Crippen MR) is 107 cm³/mol. The van der Waals surface area contributed by atoms with Crippen molar-refractivity contribution in [3.8, 4) is 0 Å². The first-order valence-corrected chi connectivity index (χ1v) is 10.1. The molecule has 0 aliphatic carbocycles. The van der Waals surface area contributed by atoms with Gasteiger partial charge in [-0.2, -0.15) is 5.10 Å². The highest BCUT2D eigenvalue weighted by molar-refractivity contribution is 5.79. The summed E-state index contributed by atoms with van der Waals surface area (Å²) < 4.78 is 1.90. The van der Waals surface area contributed by atoms with Crippen LogP contribution in [0.15, 0.2) is 54.7 Å². The first-order valence-electron chi connectivity index (χ1n) is 10.1. The first-order chi connectivity index (χ1) is 13.1. The van der Waals surface area contributed by atoms with Crippen LogP contribution in [-0.2, 0) is 19.2 Å². The molecule has 2 unspecified atom stereocenters. The average molecular weight is 361 g/mol. The summed E-state index contributed by atoms with van der Waals surface area (Å²) in [5.41, 5.74) is 2.78. The van der Waals surface area contributed by atoms with Crippen LogP contribution in [0.1, 0.15) is 43.2 Å². The molecule has 2 aliphatic rings. The first kappa shape index (κ1) is 17.0. The van der Waals surface area contributed by atoms with Crippen molar-refractivity contribution < 1.29 is 5.11 Å². The Morgan fingerprint density at radius 3 is 2.56 bits per heavy atom. The van der Waals surface area contributed by atoms with Crippen LogP contribution >= 0.6 is 0 Å². The smallest absolute Gasteiger partial charge is 0.0927 e. The molecule has 0 spiro atoms. The molecule has 2 saturated heterocycles. The minimum Gasteiger partial charge on any atom is -0.385 e. The van der Waals surface area contributed by atoms with Gasteiger partial charge in [-0.15, -0.1) is 0 Å². The lowest BCUT2D eigenvalue weighted by Crippen LogP contribution is -2.56. The molecular formula is C23H27N3O. The molecule has 4 heteroatoms. The Morgan fingerprint density at radius 2 is 1.81 bits per heavy atom. The van der Waals surface area contributed by atoms with E-state index in [9.17, 15) is 5.11 Å². The summed E-state index contributed by atoms with van der Waals surface area (Å²) in [5.74, 6) is 0. The van der Waals surface area contributed by atoms with Crippen molar-refractivity contribution in [3.63, 3.8) is 0 Å². The Morgan fingerprint density at radius 1 is 1.07 bits per heavy atom. The Bertz CT molecular complexity index is 935. The number of benzene rings is 2. The zero-order valence-corrected chi connectivity index (χ0v) is 15.9. The van der Waals surface area contributed by atoms with Crippen LogP contribution in [0, 0.1) is 0 Å². The van der Waals surface area contributed by atoms with Gasteiger partial charge < -0.3 is 5.11 Å². The number of nitrogens with zero attached hydrogens (tertiary/aromatic N) is 3. The lowest BCUT2D eigenvalue weighted by molar-refractivity contribution is -0.0998. The van der Waals surface area contributed by atoms with Gasteiger partial charge in [-0.3, -0.25) is 9.58 Å². The van der Waals surface area contributed by atoms with Gasteiger partial charge in [-0.1, -0.05) is 48.9 Å². The summed E-state index contributed by atoms with van der Waals surface area (Å²) in [6.45, 7) is 0.993. The third-order valence-corrected chi connectivity index (χ3v) is 6.65. The van der Waals surface area contributed by atoms with Crippen molar-refractivity contribution in [2.24, 2.45) is 7.05 Å². The highest BCUT2D eigenvalue weighted by atomic mass is 16.3. The molecule has 0 saturated carbocycles. The zero-order valence-electron chi connectivity index (χ0n) is 15.9. The van der Waals surface area contributed by atoms with Gasteiger partial charge in [0.05, 0.1) is 17.3 Å². The van der Waals surface area contributed by atoms with Crippen molar-refractivity contribution >= 4 is 10.9 Å². The summed E-state index contributed by atoms with van der Waals surface area (Å²) in [7, 11) is 1.97. The van der Waals surface area contributed by atoms with Gasteiger partial charge in [0.15, 0.2) is 0 Å². The summed E-state index contributed by atoms with van der Waals surface area (Å²) in [6, 6.07) is 18.0. The van der Waals surface area contributed by atoms with Crippen molar-refractivity contribution in [3.05, 3.63) is 65.9 Å². The number of hydrogen-bond donors (Lipinski definition) is 1. The molecule has 140 valence electrons. The maximum atomic E-state index is 11.7. The van der Waals surface area contributed by atoms with Gasteiger partial charge in [0.2, 0.25) is 0 Å². The second kappa shape index (κ2) is 6.47. The summed E-state index contributed by atoms with van der Waals surface area (Å²) >= 11 is 0. The topological polar surface area (TPSA) is 41.3 Å². The molecule has 5 rings (SSSR count). The van der Waals surface area contributed by atoms with Crippen LogP contribution < -0.4 is 0 Å². The minimum atomic E-state index is -0.735. The molecule has 3 heterocycles. The number of rotatable bonds is 3. The number of hydrogen-bond acceptors (Lipinski definition) is 3. The number of aliphatic hydroxyl groups is 1. The standard InChI is InChI=1S/C23H27N3O/c1-25-22-12-19(11-10-18(22)15-24-25)23(27)13-20-8-5-9-21(14-23)26(20)16-17-6-3-2-4-7-17/h2-4,6-7,10-12,15,20-21,27H,5,8-9,13-14,16H2,1H3. The predicted octanol–water partition coefficient (Wildman–Crippen LogP) is 3.98. The molecule has 3 aromatic rings. The fraction of sp³-hybridized carbons (Fsp3) is 0.435. The number of aromatic nitrogens is 2. The molecule has 4 nitrogen and oxygen atoms in total. The lowest BCUT2D eigenvalue weighted by Gasteiger charge is -2.52. The van der Waals surface area contributed by atoms with E-state index in [1.54, 1.807) is 0 Å². The molecule has 0 radical (unpaired) electrons. The van der Waals surface area contributed by atoms with Crippen LogP contribution in [0.2, 0.25) is 0 Å². The van der Waals surface area contributed by atoms with E-state index in [0.717, 1.165) is 35.9 Å². The second-order valence-electron chi connectivity index (χ2n) is 8.38. The Balaban J connectivity index is 1.44. The van der Waals surface area contributed by atoms with Gasteiger partial charge in [-0.05, 0) is 42.9 Å². The molecule has 2 aromatic carbocycles. The zero-order chi connectivity index (χ0) is 18.4. The SMILES string of the molecule is Cn1ncc2ccc(C3(O)CC4CCCC(C3)N4Cc3ccccc3)cc21. The molecule has 27 heavy (non-hydrogen) atoms. The number of piperidine rings is 2. The number of aryl methyl sites for hydroxylation is 1. The van der Waals surface area contributed by atoms with Crippen molar-refractivity contribution in [2.75, 3.05) is 0 Å². The highest BCUT2D eigenvalue weighted by Crippen LogP contribution is 2.45. The van der Waals surface area contributed by atoms with E-state index in [4.69, 9.17) is 0 Å². The monoisotopic (exact) mass is 361 g/mol. The largest absolute Gasteiger partial charge is 0.385 e. The number of fused-ring (bicyclic) bond motifs is 3. The van der Waals surface area contributed by atoms with Gasteiger partial charge in [0, 0.05) is 31.1 Å². The normalized spacial score (nSPS) is 28.5. The summed E-state index contributed by atoms with van der Waals surface area (Å²) in [5, 5.41) is 17.1. The van der Waals surface area contributed by atoms with Crippen LogP contribution in [0.25, 0.3) is 10.9 Å². The van der Waals surface area contributed by atoms with Gasteiger partial charge in [0.25, 0.3) is 0 Å². The van der Waals surface area contributed by atoms with Crippen LogP contribution in [0.5, 0.6) is 0 Å². The lowest BCUT2D eigenvalue weighted by atomic mass is 9.72. The molecule has 2 fully saturated rings. The van der Waals surface area contributed by atoms with Gasteiger partial charge in [-0.25, -0.2) is 0 Å². The molecule has 0 amide bonds. The van der Waals surface area contributed by atoms with E-state index < -0.39 is 5.60 Å². The van der Waals surface area contributed by atoms with E-state index in [-0.39, 0.29) is 0 Å². The quantitative estimate of drug-likeness (QED) is 0.767. The Kier molecular flexibility index (Phi) is 4.06. The van der Waals surface area contributed by atoms with Crippen LogP contribution in [-0.4, -0.2) is 31.9 Å².